The van der Waals surface area contributed by atoms with Gasteiger partial charge in [-0.3, -0.25) is 4.40 Å². The van der Waals surface area contributed by atoms with Crippen molar-refractivity contribution in [1.29, 1.82) is 0 Å². The second kappa shape index (κ2) is 6.51. The summed E-state index contributed by atoms with van der Waals surface area (Å²) in [4.78, 5) is 17.1. The predicted octanol–water partition coefficient (Wildman–Crippen LogP) is 3.79. The molecule has 3 heterocycles. The van der Waals surface area contributed by atoms with E-state index in [4.69, 9.17) is 10.5 Å². The molecule has 28 heavy (non-hydrogen) atoms. The van der Waals surface area contributed by atoms with Crippen molar-refractivity contribution >= 4 is 33.7 Å². The number of aromatic nitrogens is 5. The van der Waals surface area contributed by atoms with Gasteiger partial charge in [-0.15, -0.1) is 0 Å². The Kier molecular flexibility index (Phi) is 3.72. The molecule has 0 saturated carbocycles. The van der Waals surface area contributed by atoms with Gasteiger partial charge < -0.3 is 15.8 Å². The summed E-state index contributed by atoms with van der Waals surface area (Å²) < 4.78 is 7.63. The maximum absolute atomic E-state index is 5.90. The minimum absolute atomic E-state index is 0.483. The lowest BCUT2D eigenvalue weighted by Gasteiger charge is -2.10. The third kappa shape index (κ3) is 3.03. The largest absolute Gasteiger partial charge is 0.439 e. The number of nitrogens with zero attached hydrogens (tertiary/aromatic N) is 5. The summed E-state index contributed by atoms with van der Waals surface area (Å²) in [5, 5.41) is 4.16. The Labute approximate surface area is 159 Å². The summed E-state index contributed by atoms with van der Waals surface area (Å²) in [6.07, 6.45) is 6.73. The lowest BCUT2D eigenvalue weighted by molar-refractivity contribution is 0.462. The average Bonchev–Trinajstić information content (AvgIpc) is 3.18. The maximum atomic E-state index is 5.90. The van der Waals surface area contributed by atoms with Gasteiger partial charge >= 0.3 is 0 Å². The van der Waals surface area contributed by atoms with Crippen LogP contribution in [0.1, 0.15) is 0 Å². The second-order valence-corrected chi connectivity index (χ2v) is 6.17. The number of nitrogens with two attached hydrogens (primary N) is 1. The number of imidazole rings is 1. The molecular weight excluding hydrogens is 354 g/mol. The van der Waals surface area contributed by atoms with E-state index in [0.29, 0.717) is 23.1 Å². The number of hydrogen-bond donors (Lipinski definition) is 2. The van der Waals surface area contributed by atoms with Crippen molar-refractivity contribution in [2.45, 2.75) is 0 Å². The molecule has 0 aliphatic carbocycles. The van der Waals surface area contributed by atoms with Gasteiger partial charge in [-0.25, -0.2) is 19.9 Å². The van der Waals surface area contributed by atoms with Crippen molar-refractivity contribution < 1.29 is 4.74 Å². The van der Waals surface area contributed by atoms with Crippen molar-refractivity contribution in [3.05, 3.63) is 73.6 Å². The summed E-state index contributed by atoms with van der Waals surface area (Å²) in [6.45, 7) is 0. The van der Waals surface area contributed by atoms with Crippen LogP contribution in [-0.2, 0) is 0 Å². The molecule has 0 aliphatic rings. The molecule has 0 spiro atoms. The highest BCUT2D eigenvalue weighted by Crippen LogP contribution is 2.27. The Balaban J connectivity index is 1.37. The molecule has 3 aromatic heterocycles. The van der Waals surface area contributed by atoms with Gasteiger partial charge in [-0.05, 0) is 42.5 Å². The highest BCUT2D eigenvalue weighted by atomic mass is 16.5. The van der Waals surface area contributed by atoms with E-state index < -0.39 is 0 Å². The monoisotopic (exact) mass is 369 g/mol. The van der Waals surface area contributed by atoms with E-state index in [-0.39, 0.29) is 0 Å². The summed E-state index contributed by atoms with van der Waals surface area (Å²) in [5.74, 6) is 1.85. The van der Waals surface area contributed by atoms with Crippen LogP contribution in [0.4, 0.5) is 17.2 Å². The van der Waals surface area contributed by atoms with E-state index in [9.17, 15) is 0 Å². The van der Waals surface area contributed by atoms with Crippen LogP contribution < -0.4 is 15.8 Å². The van der Waals surface area contributed by atoms with Gasteiger partial charge in [0, 0.05) is 35.2 Å². The van der Waals surface area contributed by atoms with E-state index in [1.807, 2.05) is 53.1 Å². The first-order valence-corrected chi connectivity index (χ1v) is 8.58. The molecule has 0 saturated heterocycles. The van der Waals surface area contributed by atoms with Crippen LogP contribution in [0.2, 0.25) is 0 Å². The molecule has 8 nitrogen and oxygen atoms in total. The second-order valence-electron chi connectivity index (χ2n) is 6.17. The molecule has 0 aliphatic heterocycles. The predicted molar refractivity (Wildman–Crippen MR) is 107 cm³/mol. The smallest absolute Gasteiger partial charge is 0.224 e. The van der Waals surface area contributed by atoms with Gasteiger partial charge in [0.25, 0.3) is 0 Å². The summed E-state index contributed by atoms with van der Waals surface area (Å²) in [5.41, 5.74) is 9.03. The van der Waals surface area contributed by atoms with E-state index in [2.05, 4.69) is 25.3 Å². The maximum Gasteiger partial charge on any atom is 0.224 e. The Morgan fingerprint density at radius 1 is 0.929 bits per heavy atom. The first kappa shape index (κ1) is 16.0. The van der Waals surface area contributed by atoms with Crippen LogP contribution in [-0.4, -0.2) is 24.3 Å². The third-order valence-electron chi connectivity index (χ3n) is 4.26. The van der Waals surface area contributed by atoms with Gasteiger partial charge in [-0.2, -0.15) is 0 Å². The molecule has 0 fully saturated rings. The van der Waals surface area contributed by atoms with E-state index in [1.54, 1.807) is 18.6 Å². The Morgan fingerprint density at radius 3 is 2.71 bits per heavy atom. The number of anilines is 3. The fourth-order valence-electron chi connectivity index (χ4n) is 2.89. The van der Waals surface area contributed by atoms with Crippen LogP contribution >= 0.6 is 0 Å². The minimum Gasteiger partial charge on any atom is -0.439 e. The van der Waals surface area contributed by atoms with Crippen molar-refractivity contribution in [3.63, 3.8) is 0 Å². The zero-order chi connectivity index (χ0) is 18.9. The normalized spacial score (nSPS) is 11.0. The minimum atomic E-state index is 0.483. The van der Waals surface area contributed by atoms with Gasteiger partial charge in [-0.1, -0.05) is 0 Å². The summed E-state index contributed by atoms with van der Waals surface area (Å²) >= 11 is 0. The molecule has 8 heteroatoms. The van der Waals surface area contributed by atoms with Crippen molar-refractivity contribution in [2.24, 2.45) is 0 Å². The SMILES string of the molecule is Nc1ccc2ncnc(Nc3ccc(Oc4cc5nccn5cn4)cc3)c2c1. The van der Waals surface area contributed by atoms with Crippen molar-refractivity contribution in [3.8, 4) is 11.6 Å². The fraction of sp³-hybridized carbons (Fsp3) is 0. The van der Waals surface area contributed by atoms with Gasteiger partial charge in [0.2, 0.25) is 5.88 Å². The quantitative estimate of drug-likeness (QED) is 0.465. The molecule has 2 aromatic carbocycles. The molecule has 136 valence electrons. The average molecular weight is 369 g/mol. The molecule has 3 N–H and O–H groups in total. The number of hydrogen-bond acceptors (Lipinski definition) is 7. The fourth-order valence-corrected chi connectivity index (χ4v) is 2.89. The van der Waals surface area contributed by atoms with Crippen LogP contribution in [0.3, 0.4) is 0 Å². The number of rotatable bonds is 4. The number of fused-ring (bicyclic) bond motifs is 2. The number of benzene rings is 2. The lowest BCUT2D eigenvalue weighted by Crippen LogP contribution is -1.97. The zero-order valence-corrected chi connectivity index (χ0v) is 14.6. The molecule has 0 atom stereocenters. The summed E-state index contributed by atoms with van der Waals surface area (Å²) in [7, 11) is 0. The number of nitrogens with one attached hydrogen (secondary N) is 1. The standard InChI is InChI=1S/C20H15N7O/c21-13-1-6-17-16(9-13)20(24-11-23-17)26-14-2-4-15(5-3-14)28-19-10-18-22-7-8-27(18)12-25-19/h1-12H,21H2,(H,23,24,26). The van der Waals surface area contributed by atoms with Crippen LogP contribution in [0.25, 0.3) is 16.6 Å². The van der Waals surface area contributed by atoms with Crippen LogP contribution in [0.5, 0.6) is 11.6 Å². The van der Waals surface area contributed by atoms with E-state index in [0.717, 1.165) is 22.2 Å². The number of ether oxygens (including phenoxy) is 1. The summed E-state index contributed by atoms with van der Waals surface area (Å²) in [6, 6.07) is 14.9. The molecular formula is C20H15N7O. The van der Waals surface area contributed by atoms with Gasteiger partial charge in [0.15, 0.2) is 0 Å². The number of nitrogen functional groups attached to an aromatic ring is 1. The zero-order valence-electron chi connectivity index (χ0n) is 14.6. The van der Waals surface area contributed by atoms with Crippen LogP contribution in [0, 0.1) is 0 Å². The lowest BCUT2D eigenvalue weighted by atomic mass is 10.2. The van der Waals surface area contributed by atoms with E-state index >= 15 is 0 Å². The Bertz CT molecular complexity index is 1280. The first-order valence-electron chi connectivity index (χ1n) is 8.58. The topological polar surface area (TPSA) is 103 Å². The third-order valence-corrected chi connectivity index (χ3v) is 4.26. The highest BCUT2D eigenvalue weighted by molar-refractivity contribution is 5.92. The van der Waals surface area contributed by atoms with Crippen molar-refractivity contribution in [2.75, 3.05) is 11.1 Å². The molecule has 0 radical (unpaired) electrons. The Hall–Kier alpha value is -4.20. The molecule has 0 bridgehead atoms. The van der Waals surface area contributed by atoms with Crippen LogP contribution in [0.15, 0.2) is 73.6 Å². The first-order chi connectivity index (χ1) is 13.7. The van der Waals surface area contributed by atoms with Gasteiger partial charge in [0.05, 0.1) is 5.52 Å². The molecule has 5 aromatic rings. The van der Waals surface area contributed by atoms with E-state index in [1.165, 1.54) is 6.33 Å². The highest BCUT2D eigenvalue weighted by Gasteiger charge is 2.06. The molecule has 5 rings (SSSR count). The molecule has 0 unspecified atom stereocenters. The molecule has 0 amide bonds. The van der Waals surface area contributed by atoms with Gasteiger partial charge in [0.1, 0.15) is 29.9 Å². The van der Waals surface area contributed by atoms with Crippen molar-refractivity contribution in [1.82, 2.24) is 24.3 Å². The Morgan fingerprint density at radius 2 is 1.82 bits per heavy atom.